The summed E-state index contributed by atoms with van der Waals surface area (Å²) in [6.07, 6.45) is 3.60. The highest BCUT2D eigenvalue weighted by Gasteiger charge is 2.27. The molecule has 0 spiro atoms. The number of nitrogens with zero attached hydrogens (tertiary/aromatic N) is 4. The summed E-state index contributed by atoms with van der Waals surface area (Å²) in [7, 11) is 0. The minimum Gasteiger partial charge on any atom is -0.338 e. The lowest BCUT2D eigenvalue weighted by atomic mass is 10.1. The van der Waals surface area contributed by atoms with E-state index < -0.39 is 5.82 Å². The number of carbonyl (C=O) groups excluding carboxylic acids is 1. The van der Waals surface area contributed by atoms with Crippen LogP contribution in [0.2, 0.25) is 10.0 Å². The fourth-order valence-corrected chi connectivity index (χ4v) is 3.76. The zero-order chi connectivity index (χ0) is 19.7. The summed E-state index contributed by atoms with van der Waals surface area (Å²) < 4.78 is 16.0. The van der Waals surface area contributed by atoms with E-state index in [1.807, 2.05) is 35.0 Å². The van der Waals surface area contributed by atoms with Crippen molar-refractivity contribution in [2.24, 2.45) is 0 Å². The zero-order valence-corrected chi connectivity index (χ0v) is 16.4. The van der Waals surface area contributed by atoms with Gasteiger partial charge in [-0.15, -0.1) is 0 Å². The Hall–Kier alpha value is -2.57. The largest absolute Gasteiger partial charge is 0.338 e. The van der Waals surface area contributed by atoms with E-state index in [1.54, 1.807) is 11.1 Å². The van der Waals surface area contributed by atoms with Gasteiger partial charge < -0.3 is 9.80 Å². The molecule has 8 heteroatoms. The third-order valence-electron chi connectivity index (χ3n) is 4.73. The Balaban J connectivity index is 1.50. The first-order chi connectivity index (χ1) is 13.5. The van der Waals surface area contributed by atoms with Gasteiger partial charge in [0.25, 0.3) is 5.91 Å². The number of rotatable bonds is 3. The predicted octanol–water partition coefficient (Wildman–Crippen LogP) is 4.28. The van der Waals surface area contributed by atoms with Crippen LogP contribution in [0.5, 0.6) is 0 Å². The fraction of sp³-hybridized carbons (Fsp3) is 0.200. The number of imidazole rings is 1. The maximum atomic E-state index is 14.1. The number of benzene rings is 2. The quantitative estimate of drug-likeness (QED) is 0.637. The van der Waals surface area contributed by atoms with Crippen molar-refractivity contribution in [2.75, 3.05) is 31.1 Å². The van der Waals surface area contributed by atoms with Crippen LogP contribution in [0.15, 0.2) is 54.9 Å². The van der Waals surface area contributed by atoms with Crippen molar-refractivity contribution in [2.45, 2.75) is 0 Å². The van der Waals surface area contributed by atoms with Crippen LogP contribution in [0, 0.1) is 5.82 Å². The van der Waals surface area contributed by atoms with Crippen LogP contribution in [0.25, 0.3) is 5.69 Å². The molecule has 1 amide bonds. The first-order valence-corrected chi connectivity index (χ1v) is 9.58. The van der Waals surface area contributed by atoms with Gasteiger partial charge in [-0.3, -0.25) is 9.36 Å². The van der Waals surface area contributed by atoms with E-state index >= 15 is 0 Å². The van der Waals surface area contributed by atoms with E-state index in [-0.39, 0.29) is 16.5 Å². The Labute approximate surface area is 171 Å². The summed E-state index contributed by atoms with van der Waals surface area (Å²) in [5.41, 5.74) is 0.842. The second kappa shape index (κ2) is 7.81. The van der Waals surface area contributed by atoms with E-state index in [0.717, 1.165) is 11.6 Å². The van der Waals surface area contributed by atoms with Gasteiger partial charge in [-0.1, -0.05) is 35.3 Å². The highest BCUT2D eigenvalue weighted by atomic mass is 35.5. The molecule has 0 N–H and O–H groups in total. The number of hydrogen-bond acceptors (Lipinski definition) is 3. The molecule has 0 atom stereocenters. The molecule has 0 saturated carbocycles. The third-order valence-corrected chi connectivity index (χ3v) is 5.28. The number of aromatic nitrogens is 2. The Morgan fingerprint density at radius 1 is 1.04 bits per heavy atom. The van der Waals surface area contributed by atoms with Gasteiger partial charge in [0.15, 0.2) is 0 Å². The number of hydrogen-bond donors (Lipinski definition) is 0. The van der Waals surface area contributed by atoms with Gasteiger partial charge in [0.2, 0.25) is 5.95 Å². The minimum absolute atomic E-state index is 0.0713. The molecule has 0 bridgehead atoms. The van der Waals surface area contributed by atoms with Crippen molar-refractivity contribution in [3.05, 3.63) is 76.3 Å². The van der Waals surface area contributed by atoms with Crippen LogP contribution in [0.1, 0.15) is 10.4 Å². The van der Waals surface area contributed by atoms with Gasteiger partial charge in [-0.05, 0) is 30.3 Å². The van der Waals surface area contributed by atoms with E-state index in [2.05, 4.69) is 9.88 Å². The van der Waals surface area contributed by atoms with Gasteiger partial charge >= 0.3 is 0 Å². The minimum atomic E-state index is -0.601. The Morgan fingerprint density at radius 2 is 1.79 bits per heavy atom. The molecule has 0 unspecified atom stereocenters. The summed E-state index contributed by atoms with van der Waals surface area (Å²) in [5, 5.41) is 0.776. The van der Waals surface area contributed by atoms with Crippen molar-refractivity contribution in [1.29, 1.82) is 0 Å². The molecule has 2 heterocycles. The van der Waals surface area contributed by atoms with E-state index in [0.29, 0.717) is 31.2 Å². The van der Waals surface area contributed by atoms with Gasteiger partial charge in [0, 0.05) is 49.3 Å². The molecule has 1 aliphatic heterocycles. The zero-order valence-electron chi connectivity index (χ0n) is 14.9. The van der Waals surface area contributed by atoms with Crippen LogP contribution in [-0.4, -0.2) is 46.5 Å². The second-order valence-corrected chi connectivity index (χ2v) is 7.30. The van der Waals surface area contributed by atoms with Crippen molar-refractivity contribution in [3.8, 4) is 5.69 Å². The van der Waals surface area contributed by atoms with Gasteiger partial charge in [-0.2, -0.15) is 0 Å². The third kappa shape index (κ3) is 3.57. The molecule has 3 aromatic rings. The van der Waals surface area contributed by atoms with E-state index in [1.165, 1.54) is 18.2 Å². The normalized spacial score (nSPS) is 14.4. The van der Waals surface area contributed by atoms with Crippen LogP contribution in [0.4, 0.5) is 10.3 Å². The Kier molecular flexibility index (Phi) is 5.24. The van der Waals surface area contributed by atoms with Gasteiger partial charge in [-0.25, -0.2) is 9.37 Å². The van der Waals surface area contributed by atoms with Gasteiger partial charge in [0.05, 0.1) is 10.6 Å². The average Bonchev–Trinajstić information content (AvgIpc) is 3.18. The molecule has 2 aromatic carbocycles. The first kappa shape index (κ1) is 18.8. The van der Waals surface area contributed by atoms with Crippen LogP contribution in [-0.2, 0) is 0 Å². The molecule has 5 nitrogen and oxygen atoms in total. The highest BCUT2D eigenvalue weighted by Crippen LogP contribution is 2.24. The van der Waals surface area contributed by atoms with Crippen molar-refractivity contribution in [3.63, 3.8) is 0 Å². The lowest BCUT2D eigenvalue weighted by Crippen LogP contribution is -2.49. The lowest BCUT2D eigenvalue weighted by molar-refractivity contribution is 0.0741. The Morgan fingerprint density at radius 3 is 2.50 bits per heavy atom. The maximum absolute atomic E-state index is 14.1. The number of anilines is 1. The summed E-state index contributed by atoms with van der Waals surface area (Å²) in [6, 6.07) is 11.8. The number of carbonyl (C=O) groups is 1. The summed E-state index contributed by atoms with van der Waals surface area (Å²) in [4.78, 5) is 20.9. The summed E-state index contributed by atoms with van der Waals surface area (Å²) in [6.45, 7) is 2.06. The monoisotopic (exact) mass is 418 g/mol. The van der Waals surface area contributed by atoms with E-state index in [4.69, 9.17) is 23.2 Å². The average molecular weight is 419 g/mol. The summed E-state index contributed by atoms with van der Waals surface area (Å²) >= 11 is 12.1. The lowest BCUT2D eigenvalue weighted by Gasteiger charge is -2.35. The number of piperazine rings is 1. The molecular weight excluding hydrogens is 402 g/mol. The SMILES string of the molecule is O=C(c1c(F)cccc1Cl)N1CCN(c2nccn2-c2cccc(Cl)c2)CC1. The smallest absolute Gasteiger partial charge is 0.258 e. The van der Waals surface area contributed by atoms with Crippen molar-refractivity contribution >= 4 is 35.1 Å². The Bertz CT molecular complexity index is 995. The topological polar surface area (TPSA) is 41.4 Å². The molecular formula is C20H17Cl2FN4O. The van der Waals surface area contributed by atoms with Crippen molar-refractivity contribution in [1.82, 2.24) is 14.5 Å². The molecule has 144 valence electrons. The molecule has 0 radical (unpaired) electrons. The molecule has 1 fully saturated rings. The molecule has 1 aromatic heterocycles. The van der Waals surface area contributed by atoms with E-state index in [9.17, 15) is 9.18 Å². The molecule has 1 saturated heterocycles. The molecule has 0 aliphatic carbocycles. The second-order valence-electron chi connectivity index (χ2n) is 6.45. The predicted molar refractivity (Wildman–Crippen MR) is 108 cm³/mol. The fourth-order valence-electron chi connectivity index (χ4n) is 3.33. The first-order valence-electron chi connectivity index (χ1n) is 8.82. The highest BCUT2D eigenvalue weighted by molar-refractivity contribution is 6.33. The van der Waals surface area contributed by atoms with Crippen LogP contribution < -0.4 is 4.90 Å². The molecule has 28 heavy (non-hydrogen) atoms. The molecule has 4 rings (SSSR count). The summed E-state index contributed by atoms with van der Waals surface area (Å²) in [5.74, 6) is -0.212. The van der Waals surface area contributed by atoms with Crippen molar-refractivity contribution < 1.29 is 9.18 Å². The van der Waals surface area contributed by atoms with Crippen LogP contribution in [0.3, 0.4) is 0 Å². The number of amides is 1. The van der Waals surface area contributed by atoms with Gasteiger partial charge in [0.1, 0.15) is 5.82 Å². The van der Waals surface area contributed by atoms with Crippen LogP contribution >= 0.6 is 23.2 Å². The number of halogens is 3. The standard InChI is InChI=1S/C20H17Cl2FN4O/c21-14-3-1-4-15(13-14)27-8-7-24-20(27)26-11-9-25(10-12-26)19(28)18-16(22)5-2-6-17(18)23/h1-8,13H,9-12H2. The molecule has 1 aliphatic rings. The maximum Gasteiger partial charge on any atom is 0.258 e.